The zero-order valence-corrected chi connectivity index (χ0v) is 13.1. The van der Waals surface area contributed by atoms with Crippen LogP contribution in [-0.4, -0.2) is 12.2 Å². The van der Waals surface area contributed by atoms with Crippen LogP contribution in [0.4, 0.5) is 11.4 Å². The summed E-state index contributed by atoms with van der Waals surface area (Å²) in [6.45, 7) is 0. The van der Waals surface area contributed by atoms with Crippen molar-refractivity contribution in [3.63, 3.8) is 0 Å². The third-order valence-corrected chi connectivity index (χ3v) is 4.97. The molecule has 1 amide bonds. The summed E-state index contributed by atoms with van der Waals surface area (Å²) in [7, 11) is 0. The van der Waals surface area contributed by atoms with E-state index >= 15 is 0 Å². The number of nitrogens with one attached hydrogen (secondary N) is 1. The van der Waals surface area contributed by atoms with Crippen LogP contribution in [0.2, 0.25) is 0 Å². The second-order valence-corrected chi connectivity index (χ2v) is 6.55. The van der Waals surface area contributed by atoms with Crippen LogP contribution in [0, 0.1) is 0 Å². The van der Waals surface area contributed by atoms with Crippen LogP contribution in [-0.2, 0) is 0 Å². The monoisotopic (exact) mass is 314 g/mol. The van der Waals surface area contributed by atoms with Gasteiger partial charge in [0.2, 0.25) is 0 Å². The van der Waals surface area contributed by atoms with Gasteiger partial charge in [0.15, 0.2) is 0 Å². The molecule has 1 aromatic heterocycles. The Bertz CT molecular complexity index is 794. The first kappa shape index (κ1) is 14.0. The molecule has 0 radical (unpaired) electrons. The molecule has 2 aromatic carbocycles. The van der Waals surface area contributed by atoms with Gasteiger partial charge in [0.05, 0.1) is 4.88 Å². The van der Waals surface area contributed by atoms with E-state index in [1.165, 1.54) is 16.2 Å². The number of fused-ring (bicyclic) bond motifs is 1. The molecule has 3 N–H and O–H groups in total. The fourth-order valence-electron chi connectivity index (χ4n) is 2.04. The van der Waals surface area contributed by atoms with E-state index < -0.39 is 0 Å². The fourth-order valence-corrected chi connectivity index (χ4v) is 3.39. The van der Waals surface area contributed by atoms with Gasteiger partial charge in [0.1, 0.15) is 0 Å². The number of amides is 1. The van der Waals surface area contributed by atoms with Gasteiger partial charge in [-0.25, -0.2) is 0 Å². The van der Waals surface area contributed by atoms with Crippen LogP contribution in [0.15, 0.2) is 53.4 Å². The van der Waals surface area contributed by atoms with Gasteiger partial charge in [-0.3, -0.25) is 4.79 Å². The van der Waals surface area contributed by atoms with Crippen molar-refractivity contribution in [2.75, 3.05) is 17.3 Å². The summed E-state index contributed by atoms with van der Waals surface area (Å²) in [5.41, 5.74) is 7.27. The second-order valence-electron chi connectivity index (χ2n) is 4.59. The van der Waals surface area contributed by atoms with Gasteiger partial charge < -0.3 is 11.1 Å². The van der Waals surface area contributed by atoms with Gasteiger partial charge in [-0.1, -0.05) is 0 Å². The number of carbonyl (C=O) groups excluding carboxylic acids is 1. The minimum atomic E-state index is -0.0910. The Balaban J connectivity index is 1.82. The molecule has 5 heteroatoms. The van der Waals surface area contributed by atoms with Crippen molar-refractivity contribution in [1.82, 2.24) is 0 Å². The highest BCUT2D eigenvalue weighted by molar-refractivity contribution is 7.98. The number of hydrogen-bond donors (Lipinski definition) is 2. The fraction of sp³-hybridized carbons (Fsp3) is 0.0625. The highest BCUT2D eigenvalue weighted by Gasteiger charge is 2.10. The van der Waals surface area contributed by atoms with Crippen LogP contribution in [0.5, 0.6) is 0 Å². The van der Waals surface area contributed by atoms with Crippen LogP contribution in [0.1, 0.15) is 9.67 Å². The summed E-state index contributed by atoms with van der Waals surface area (Å²) in [6.07, 6.45) is 2.02. The number of hydrogen-bond acceptors (Lipinski definition) is 4. The summed E-state index contributed by atoms with van der Waals surface area (Å²) < 4.78 is 1.06. The Kier molecular flexibility index (Phi) is 3.86. The lowest BCUT2D eigenvalue weighted by Gasteiger charge is -2.04. The lowest BCUT2D eigenvalue weighted by molar-refractivity contribution is 0.103. The maximum atomic E-state index is 12.3. The average molecular weight is 314 g/mol. The Morgan fingerprint density at radius 3 is 2.62 bits per heavy atom. The zero-order valence-electron chi connectivity index (χ0n) is 11.4. The van der Waals surface area contributed by atoms with E-state index in [2.05, 4.69) is 5.32 Å². The number of carbonyl (C=O) groups is 1. The normalized spacial score (nSPS) is 10.7. The van der Waals surface area contributed by atoms with E-state index in [4.69, 9.17) is 5.73 Å². The molecule has 3 nitrogen and oxygen atoms in total. The Morgan fingerprint density at radius 2 is 1.90 bits per heavy atom. The molecule has 3 rings (SSSR count). The van der Waals surface area contributed by atoms with Crippen molar-refractivity contribution in [1.29, 1.82) is 0 Å². The molecule has 0 fully saturated rings. The molecule has 0 spiro atoms. The van der Waals surface area contributed by atoms with Crippen molar-refractivity contribution in [3.05, 3.63) is 53.4 Å². The quantitative estimate of drug-likeness (QED) is 0.554. The van der Waals surface area contributed by atoms with E-state index in [-0.39, 0.29) is 5.91 Å². The first-order valence-corrected chi connectivity index (χ1v) is 8.44. The number of thioether (sulfide) groups is 1. The molecule has 1 heterocycles. The predicted octanol–water partition coefficient (Wildman–Crippen LogP) is 4.46. The first-order chi connectivity index (χ1) is 10.2. The predicted molar refractivity (Wildman–Crippen MR) is 92.4 cm³/mol. The molecule has 0 saturated heterocycles. The van der Waals surface area contributed by atoms with Gasteiger partial charge in [-0.05, 0) is 60.2 Å². The summed E-state index contributed by atoms with van der Waals surface area (Å²) in [6, 6.07) is 15.4. The minimum Gasteiger partial charge on any atom is -0.399 e. The van der Waals surface area contributed by atoms with Crippen molar-refractivity contribution >= 4 is 50.5 Å². The lowest BCUT2D eigenvalue weighted by Crippen LogP contribution is -2.09. The summed E-state index contributed by atoms with van der Waals surface area (Å²) in [4.78, 5) is 14.1. The molecule has 0 saturated carbocycles. The van der Waals surface area contributed by atoms with E-state index in [9.17, 15) is 4.79 Å². The number of thiophene rings is 1. The third-order valence-electron chi connectivity index (χ3n) is 3.11. The van der Waals surface area contributed by atoms with E-state index in [1.54, 1.807) is 11.8 Å². The van der Waals surface area contributed by atoms with Crippen molar-refractivity contribution in [2.24, 2.45) is 0 Å². The van der Waals surface area contributed by atoms with Crippen molar-refractivity contribution in [2.45, 2.75) is 4.90 Å². The highest BCUT2D eigenvalue weighted by atomic mass is 32.2. The standard InChI is InChI=1S/C16H14N2OS2/c1-20-13-5-3-12(4-6-13)18-16(19)15-9-10-8-11(17)2-7-14(10)21-15/h2-9H,17H2,1H3,(H,18,19). The number of rotatable bonds is 3. The van der Waals surface area contributed by atoms with Crippen molar-refractivity contribution < 1.29 is 4.79 Å². The largest absolute Gasteiger partial charge is 0.399 e. The van der Waals surface area contributed by atoms with Gasteiger partial charge in [-0.15, -0.1) is 23.1 Å². The average Bonchev–Trinajstić information content (AvgIpc) is 2.91. The van der Waals surface area contributed by atoms with Crippen LogP contribution < -0.4 is 11.1 Å². The van der Waals surface area contributed by atoms with E-state index in [0.717, 1.165) is 15.8 Å². The summed E-state index contributed by atoms with van der Waals surface area (Å²) in [5.74, 6) is -0.0910. The van der Waals surface area contributed by atoms with Gasteiger partial charge in [-0.2, -0.15) is 0 Å². The molecule has 0 atom stereocenters. The summed E-state index contributed by atoms with van der Waals surface area (Å²) >= 11 is 3.14. The molecule has 0 aliphatic carbocycles. The molecule has 0 aliphatic rings. The first-order valence-electron chi connectivity index (χ1n) is 6.40. The molecular formula is C16H14N2OS2. The molecule has 0 bridgehead atoms. The highest BCUT2D eigenvalue weighted by Crippen LogP contribution is 2.28. The van der Waals surface area contributed by atoms with E-state index in [0.29, 0.717) is 10.6 Å². The SMILES string of the molecule is CSc1ccc(NC(=O)c2cc3cc(N)ccc3s2)cc1. The van der Waals surface area contributed by atoms with Crippen molar-refractivity contribution in [3.8, 4) is 0 Å². The number of nitrogens with two attached hydrogens (primary N) is 1. The van der Waals surface area contributed by atoms with Gasteiger partial charge >= 0.3 is 0 Å². The topological polar surface area (TPSA) is 55.1 Å². The molecule has 106 valence electrons. The second kappa shape index (κ2) is 5.79. The maximum absolute atomic E-state index is 12.3. The molecule has 0 aliphatic heterocycles. The Hall–Kier alpha value is -1.98. The smallest absolute Gasteiger partial charge is 0.265 e. The number of anilines is 2. The van der Waals surface area contributed by atoms with E-state index in [1.807, 2.05) is 54.8 Å². The molecule has 3 aromatic rings. The van der Waals surface area contributed by atoms with Crippen LogP contribution in [0.3, 0.4) is 0 Å². The maximum Gasteiger partial charge on any atom is 0.265 e. The molecule has 0 unspecified atom stereocenters. The molecule has 21 heavy (non-hydrogen) atoms. The third kappa shape index (κ3) is 3.04. The number of benzene rings is 2. The Labute approximate surface area is 131 Å². The van der Waals surface area contributed by atoms with Gasteiger partial charge in [0, 0.05) is 21.0 Å². The lowest BCUT2D eigenvalue weighted by atomic mass is 10.2. The number of nitrogen functional groups attached to an aromatic ring is 1. The molecular weight excluding hydrogens is 300 g/mol. The minimum absolute atomic E-state index is 0.0910. The van der Waals surface area contributed by atoms with Crippen LogP contribution in [0.25, 0.3) is 10.1 Å². The summed E-state index contributed by atoms with van der Waals surface area (Å²) in [5, 5.41) is 3.92. The van der Waals surface area contributed by atoms with Gasteiger partial charge in [0.25, 0.3) is 5.91 Å². The van der Waals surface area contributed by atoms with Crippen LogP contribution >= 0.6 is 23.1 Å². The Morgan fingerprint density at radius 1 is 1.14 bits per heavy atom. The zero-order chi connectivity index (χ0) is 14.8.